The number of halogens is 1. The first-order chi connectivity index (χ1) is 7.08. The quantitative estimate of drug-likeness (QED) is 0.545. The van der Waals surface area contributed by atoms with E-state index in [-0.39, 0.29) is 5.79 Å². The van der Waals surface area contributed by atoms with Crippen LogP contribution in [0.25, 0.3) is 0 Å². The fourth-order valence-corrected chi connectivity index (χ4v) is 4.45. The van der Waals surface area contributed by atoms with Gasteiger partial charge in [0.2, 0.25) is 0 Å². The first-order valence-electron chi connectivity index (χ1n) is 6.05. The van der Waals surface area contributed by atoms with Gasteiger partial charge >= 0.3 is 0 Å². The number of hydrogen-bond acceptors (Lipinski definition) is 2. The van der Waals surface area contributed by atoms with E-state index in [1.807, 2.05) is 0 Å². The summed E-state index contributed by atoms with van der Waals surface area (Å²) in [6, 6.07) is 0. The molecule has 0 atom stereocenters. The van der Waals surface area contributed by atoms with E-state index in [1.54, 1.807) is 0 Å². The monoisotopic (exact) mass is 322 g/mol. The van der Waals surface area contributed by atoms with Crippen LogP contribution in [0.1, 0.15) is 45.4 Å². The third-order valence-electron chi connectivity index (χ3n) is 4.96. The van der Waals surface area contributed by atoms with Gasteiger partial charge in [-0.1, -0.05) is 22.6 Å². The highest BCUT2D eigenvalue weighted by Gasteiger charge is 2.58. The molecule has 1 saturated heterocycles. The SMILES string of the molecule is CC1(C23CCC(I)(CC2)CC3)OCCO1. The third-order valence-corrected chi connectivity index (χ3v) is 6.57. The van der Waals surface area contributed by atoms with Gasteiger partial charge in [-0.05, 0) is 45.4 Å². The maximum Gasteiger partial charge on any atom is 0.171 e. The summed E-state index contributed by atoms with van der Waals surface area (Å²) in [5.74, 6) is -0.272. The molecule has 0 spiro atoms. The Balaban J connectivity index is 1.86. The molecule has 2 bridgehead atoms. The fourth-order valence-electron chi connectivity index (χ4n) is 3.64. The molecule has 0 unspecified atom stereocenters. The molecule has 3 aliphatic carbocycles. The molecule has 1 heterocycles. The molecule has 0 amide bonds. The number of fused-ring (bicyclic) bond motifs is 3. The van der Waals surface area contributed by atoms with Crippen molar-refractivity contribution in [2.45, 2.75) is 54.7 Å². The van der Waals surface area contributed by atoms with E-state index >= 15 is 0 Å². The molecule has 1 aliphatic heterocycles. The van der Waals surface area contributed by atoms with E-state index in [0.29, 0.717) is 8.84 Å². The van der Waals surface area contributed by atoms with Crippen molar-refractivity contribution in [1.29, 1.82) is 0 Å². The lowest BCUT2D eigenvalue weighted by Crippen LogP contribution is -2.55. The van der Waals surface area contributed by atoms with Crippen LogP contribution in [0.3, 0.4) is 0 Å². The minimum absolute atomic E-state index is 0.272. The van der Waals surface area contributed by atoms with E-state index in [2.05, 4.69) is 29.5 Å². The number of rotatable bonds is 1. The summed E-state index contributed by atoms with van der Waals surface area (Å²) in [6.07, 6.45) is 7.97. The Morgan fingerprint density at radius 1 is 0.867 bits per heavy atom. The van der Waals surface area contributed by atoms with Gasteiger partial charge in [0, 0.05) is 8.84 Å². The van der Waals surface area contributed by atoms with Gasteiger partial charge in [0.15, 0.2) is 5.79 Å². The van der Waals surface area contributed by atoms with Crippen molar-refractivity contribution >= 4 is 22.6 Å². The van der Waals surface area contributed by atoms with Crippen LogP contribution in [-0.2, 0) is 9.47 Å². The van der Waals surface area contributed by atoms with Crippen LogP contribution in [0.4, 0.5) is 0 Å². The Labute approximate surface area is 105 Å². The van der Waals surface area contributed by atoms with E-state index in [1.165, 1.54) is 38.5 Å². The van der Waals surface area contributed by atoms with Crippen molar-refractivity contribution in [3.05, 3.63) is 0 Å². The van der Waals surface area contributed by atoms with Gasteiger partial charge in [-0.25, -0.2) is 0 Å². The van der Waals surface area contributed by atoms with Crippen LogP contribution in [-0.4, -0.2) is 22.4 Å². The molecule has 0 N–H and O–H groups in total. The minimum Gasteiger partial charge on any atom is -0.347 e. The first kappa shape index (κ1) is 10.8. The van der Waals surface area contributed by atoms with Crippen LogP contribution >= 0.6 is 22.6 Å². The lowest BCUT2D eigenvalue weighted by Gasteiger charge is -2.56. The summed E-state index contributed by atoms with van der Waals surface area (Å²) in [5.41, 5.74) is 0.330. The topological polar surface area (TPSA) is 18.5 Å². The van der Waals surface area contributed by atoms with E-state index < -0.39 is 0 Å². The zero-order chi connectivity index (χ0) is 10.6. The van der Waals surface area contributed by atoms with E-state index in [0.717, 1.165) is 13.2 Å². The second-order valence-electron chi connectivity index (χ2n) is 5.57. The fraction of sp³-hybridized carbons (Fsp3) is 1.00. The zero-order valence-electron chi connectivity index (χ0n) is 9.35. The molecule has 15 heavy (non-hydrogen) atoms. The van der Waals surface area contributed by atoms with Gasteiger partial charge in [0.05, 0.1) is 13.2 Å². The molecule has 0 radical (unpaired) electrons. The van der Waals surface area contributed by atoms with Gasteiger partial charge in [0.1, 0.15) is 0 Å². The summed E-state index contributed by atoms with van der Waals surface area (Å²) < 4.78 is 12.4. The Hall–Kier alpha value is 0.650. The molecule has 0 aromatic rings. The maximum atomic E-state index is 5.91. The highest BCUT2D eigenvalue weighted by molar-refractivity contribution is 14.1. The molecule has 4 aliphatic rings. The Morgan fingerprint density at radius 2 is 1.33 bits per heavy atom. The van der Waals surface area contributed by atoms with Crippen molar-refractivity contribution in [1.82, 2.24) is 0 Å². The second-order valence-corrected chi connectivity index (χ2v) is 7.86. The van der Waals surface area contributed by atoms with E-state index in [4.69, 9.17) is 9.47 Å². The Morgan fingerprint density at radius 3 is 1.80 bits per heavy atom. The van der Waals surface area contributed by atoms with Crippen LogP contribution < -0.4 is 0 Å². The summed E-state index contributed by atoms with van der Waals surface area (Å²) in [5, 5.41) is 0. The van der Waals surface area contributed by atoms with Crippen molar-refractivity contribution in [3.8, 4) is 0 Å². The number of ether oxygens (including phenoxy) is 2. The maximum absolute atomic E-state index is 5.91. The largest absolute Gasteiger partial charge is 0.347 e. The van der Waals surface area contributed by atoms with Gasteiger partial charge in [-0.15, -0.1) is 0 Å². The second kappa shape index (κ2) is 3.33. The van der Waals surface area contributed by atoms with Crippen LogP contribution in [0.5, 0.6) is 0 Å². The third kappa shape index (κ3) is 1.49. The van der Waals surface area contributed by atoms with Gasteiger partial charge in [0.25, 0.3) is 0 Å². The predicted octanol–water partition coefficient (Wildman–Crippen LogP) is 3.28. The summed E-state index contributed by atoms with van der Waals surface area (Å²) in [4.78, 5) is 0. The molecule has 3 saturated carbocycles. The minimum atomic E-state index is -0.272. The molecule has 4 fully saturated rings. The summed E-state index contributed by atoms with van der Waals surface area (Å²) in [6.45, 7) is 3.74. The zero-order valence-corrected chi connectivity index (χ0v) is 11.5. The average molecular weight is 322 g/mol. The van der Waals surface area contributed by atoms with Gasteiger partial charge in [-0.2, -0.15) is 0 Å². The highest BCUT2D eigenvalue weighted by Crippen LogP contribution is 2.61. The van der Waals surface area contributed by atoms with Gasteiger partial charge in [-0.3, -0.25) is 0 Å². The van der Waals surface area contributed by atoms with Crippen LogP contribution in [0.2, 0.25) is 0 Å². The number of alkyl halides is 1. The highest BCUT2D eigenvalue weighted by atomic mass is 127. The lowest BCUT2D eigenvalue weighted by molar-refractivity contribution is -0.247. The van der Waals surface area contributed by atoms with Crippen molar-refractivity contribution in [2.24, 2.45) is 5.41 Å². The molecule has 86 valence electrons. The molecule has 3 heteroatoms. The first-order valence-corrected chi connectivity index (χ1v) is 7.12. The molecular weight excluding hydrogens is 303 g/mol. The smallest absolute Gasteiger partial charge is 0.171 e. The molecule has 4 rings (SSSR count). The van der Waals surface area contributed by atoms with Crippen LogP contribution in [0.15, 0.2) is 0 Å². The standard InChI is InChI=1S/C12H19IO2/c1-10(14-8-9-15-10)11-2-5-12(13,6-3-11)7-4-11/h2-9H2,1H3. The number of hydrogen-bond donors (Lipinski definition) is 0. The van der Waals surface area contributed by atoms with E-state index in [9.17, 15) is 0 Å². The van der Waals surface area contributed by atoms with Crippen molar-refractivity contribution in [2.75, 3.05) is 13.2 Å². The average Bonchev–Trinajstić information content (AvgIpc) is 2.68. The normalized spacial score (nSPS) is 48.4. The van der Waals surface area contributed by atoms with Crippen molar-refractivity contribution < 1.29 is 9.47 Å². The predicted molar refractivity (Wildman–Crippen MR) is 67.2 cm³/mol. The molecule has 2 nitrogen and oxygen atoms in total. The summed E-state index contributed by atoms with van der Waals surface area (Å²) >= 11 is 2.68. The molecule has 0 aromatic heterocycles. The van der Waals surface area contributed by atoms with Crippen molar-refractivity contribution in [3.63, 3.8) is 0 Å². The molecule has 0 aromatic carbocycles. The van der Waals surface area contributed by atoms with Gasteiger partial charge < -0.3 is 9.47 Å². The Kier molecular flexibility index (Phi) is 2.39. The molecular formula is C12H19IO2. The Bertz CT molecular complexity index is 246. The summed E-state index contributed by atoms with van der Waals surface area (Å²) in [7, 11) is 0. The van der Waals surface area contributed by atoms with Crippen LogP contribution in [0, 0.1) is 5.41 Å². The lowest BCUT2D eigenvalue weighted by atomic mass is 9.57.